The molecule has 0 bridgehead atoms. The Morgan fingerprint density at radius 1 is 1.29 bits per heavy atom. The van der Waals surface area contributed by atoms with E-state index in [4.69, 9.17) is 21.7 Å². The number of benzene rings is 1. The highest BCUT2D eigenvalue weighted by atomic mass is 32.2. The summed E-state index contributed by atoms with van der Waals surface area (Å²) in [6, 6.07) is 5.47. The number of carboxylic acid groups (broad SMARTS) is 1. The Hall–Kier alpha value is -2.06. The molecular weight excluding hydrogens is 398 g/mol. The quantitative estimate of drug-likeness (QED) is 0.308. The van der Waals surface area contributed by atoms with Crippen molar-refractivity contribution in [2.24, 2.45) is 0 Å². The van der Waals surface area contributed by atoms with Crippen LogP contribution in [0.2, 0.25) is 0 Å². The second-order valence-corrected chi connectivity index (χ2v) is 7.95. The van der Waals surface area contributed by atoms with Crippen molar-refractivity contribution in [3.63, 3.8) is 0 Å². The topological polar surface area (TPSA) is 78.9 Å². The van der Waals surface area contributed by atoms with Crippen molar-refractivity contribution in [2.45, 2.75) is 39.0 Å². The van der Waals surface area contributed by atoms with Crippen LogP contribution in [0.3, 0.4) is 0 Å². The molecule has 0 unspecified atom stereocenters. The summed E-state index contributed by atoms with van der Waals surface area (Å²) in [6.07, 6.45) is 5.96. The summed E-state index contributed by atoms with van der Waals surface area (Å²) in [7, 11) is 1.57. The van der Waals surface area contributed by atoms with Gasteiger partial charge in [0.25, 0.3) is 5.91 Å². The summed E-state index contributed by atoms with van der Waals surface area (Å²) in [5.41, 5.74) is 0.774. The van der Waals surface area contributed by atoms with Gasteiger partial charge in [0.05, 0.1) is 18.6 Å². The predicted octanol–water partition coefficient (Wildman–Crippen LogP) is 3.00. The Labute approximate surface area is 174 Å². The lowest BCUT2D eigenvalue weighted by molar-refractivity contribution is -0.305. The number of rotatable bonds is 11. The molecule has 1 amide bonds. The fraction of sp³-hybridized carbons (Fsp3) is 0.450. The summed E-state index contributed by atoms with van der Waals surface area (Å²) in [6.45, 7) is 2.81. The van der Waals surface area contributed by atoms with Crippen molar-refractivity contribution in [1.82, 2.24) is 4.90 Å². The van der Waals surface area contributed by atoms with E-state index in [-0.39, 0.29) is 18.9 Å². The molecule has 28 heavy (non-hydrogen) atoms. The van der Waals surface area contributed by atoms with Gasteiger partial charge in [-0.15, -0.1) is 0 Å². The molecule has 0 radical (unpaired) electrons. The van der Waals surface area contributed by atoms with Gasteiger partial charge in [0.15, 0.2) is 11.5 Å². The van der Waals surface area contributed by atoms with E-state index in [9.17, 15) is 14.7 Å². The van der Waals surface area contributed by atoms with Gasteiger partial charge in [0.1, 0.15) is 4.32 Å². The zero-order chi connectivity index (χ0) is 20.5. The third kappa shape index (κ3) is 6.24. The van der Waals surface area contributed by atoms with Crippen molar-refractivity contribution >= 4 is 46.3 Å². The SMILES string of the molecule is CCCCCCOc1ccc(/C=C2\SC(=S)N(CCC(=O)[O-])C2=O)cc1OC. The van der Waals surface area contributed by atoms with Gasteiger partial charge in [0.2, 0.25) is 0 Å². The van der Waals surface area contributed by atoms with Crippen LogP contribution < -0.4 is 14.6 Å². The molecule has 1 saturated heterocycles. The van der Waals surface area contributed by atoms with Gasteiger partial charge >= 0.3 is 0 Å². The first-order valence-electron chi connectivity index (χ1n) is 9.22. The largest absolute Gasteiger partial charge is 0.550 e. The van der Waals surface area contributed by atoms with E-state index in [0.717, 1.165) is 30.2 Å². The molecule has 0 aromatic heterocycles. The van der Waals surface area contributed by atoms with Gasteiger partial charge in [0, 0.05) is 18.9 Å². The van der Waals surface area contributed by atoms with Crippen LogP contribution in [0.25, 0.3) is 6.08 Å². The van der Waals surface area contributed by atoms with Gasteiger partial charge in [-0.05, 0) is 30.2 Å². The van der Waals surface area contributed by atoms with Gasteiger partial charge in [-0.3, -0.25) is 9.69 Å². The third-order valence-corrected chi connectivity index (χ3v) is 5.53. The molecule has 1 heterocycles. The van der Waals surface area contributed by atoms with Crippen LogP contribution >= 0.6 is 24.0 Å². The number of ether oxygens (including phenoxy) is 2. The minimum absolute atomic E-state index is 0.0124. The minimum atomic E-state index is -1.21. The first kappa shape index (κ1) is 22.2. The molecule has 1 aromatic carbocycles. The molecule has 1 aliphatic heterocycles. The van der Waals surface area contributed by atoms with E-state index in [1.165, 1.54) is 17.7 Å². The number of methoxy groups -OCH3 is 1. The maximum absolute atomic E-state index is 12.5. The first-order chi connectivity index (χ1) is 13.5. The van der Waals surface area contributed by atoms with Crippen molar-refractivity contribution in [3.05, 3.63) is 28.7 Å². The van der Waals surface area contributed by atoms with E-state index in [2.05, 4.69) is 6.92 Å². The van der Waals surface area contributed by atoms with E-state index < -0.39 is 5.97 Å². The van der Waals surface area contributed by atoms with Crippen molar-refractivity contribution in [2.75, 3.05) is 20.3 Å². The van der Waals surface area contributed by atoms with Crippen LogP contribution in [-0.4, -0.2) is 41.4 Å². The second kappa shape index (κ2) is 11.1. The number of amides is 1. The number of thiocarbonyl (C=S) groups is 1. The van der Waals surface area contributed by atoms with Crippen molar-refractivity contribution in [1.29, 1.82) is 0 Å². The molecule has 1 fully saturated rings. The Balaban J connectivity index is 2.06. The number of carbonyl (C=O) groups is 2. The molecule has 1 aromatic rings. The lowest BCUT2D eigenvalue weighted by Gasteiger charge is -2.14. The van der Waals surface area contributed by atoms with Crippen LogP contribution in [0, 0.1) is 0 Å². The highest BCUT2D eigenvalue weighted by Gasteiger charge is 2.31. The summed E-state index contributed by atoms with van der Waals surface area (Å²) in [4.78, 5) is 24.8. The lowest BCUT2D eigenvalue weighted by Crippen LogP contribution is -2.33. The second-order valence-electron chi connectivity index (χ2n) is 6.27. The minimum Gasteiger partial charge on any atom is -0.550 e. The van der Waals surface area contributed by atoms with Crippen LogP contribution in [0.15, 0.2) is 23.1 Å². The first-order valence-corrected chi connectivity index (χ1v) is 10.4. The third-order valence-electron chi connectivity index (χ3n) is 4.15. The number of nitrogens with zero attached hydrogens (tertiary/aromatic N) is 1. The van der Waals surface area contributed by atoms with E-state index >= 15 is 0 Å². The molecule has 0 atom stereocenters. The van der Waals surface area contributed by atoms with Gasteiger partial charge in [-0.1, -0.05) is 56.2 Å². The van der Waals surface area contributed by atoms with Crippen LogP contribution in [-0.2, 0) is 9.59 Å². The predicted molar refractivity (Wildman–Crippen MR) is 112 cm³/mol. The number of aliphatic carboxylic acids is 1. The fourth-order valence-electron chi connectivity index (χ4n) is 2.65. The van der Waals surface area contributed by atoms with Crippen molar-refractivity contribution < 1.29 is 24.2 Å². The number of carbonyl (C=O) groups excluding carboxylic acids is 2. The normalized spacial score (nSPS) is 15.4. The lowest BCUT2D eigenvalue weighted by atomic mass is 10.1. The van der Waals surface area contributed by atoms with Crippen molar-refractivity contribution in [3.8, 4) is 11.5 Å². The Kier molecular flexibility index (Phi) is 8.79. The molecular formula is C20H24NO5S2-. The molecule has 152 valence electrons. The van der Waals surface area contributed by atoms with Gasteiger partial charge in [-0.2, -0.15) is 0 Å². The van der Waals surface area contributed by atoms with Gasteiger partial charge < -0.3 is 19.4 Å². The van der Waals surface area contributed by atoms with E-state index in [1.54, 1.807) is 19.3 Å². The van der Waals surface area contributed by atoms with Crippen LogP contribution in [0.5, 0.6) is 11.5 Å². The molecule has 1 aliphatic rings. The standard InChI is InChI=1S/C20H25NO5S2/c1-3-4-5-6-11-26-15-8-7-14(12-16(15)25-2)13-17-19(24)21(20(27)28-17)10-9-18(22)23/h7-8,12-13H,3-6,9-11H2,1-2H3,(H,22,23)/p-1/b17-13-. The molecule has 0 saturated carbocycles. The number of hydrogen-bond donors (Lipinski definition) is 0. The average molecular weight is 423 g/mol. The number of thioether (sulfide) groups is 1. The smallest absolute Gasteiger partial charge is 0.266 e. The number of unbranched alkanes of at least 4 members (excludes halogenated alkanes) is 3. The average Bonchev–Trinajstić information content (AvgIpc) is 2.93. The Morgan fingerprint density at radius 3 is 2.75 bits per heavy atom. The monoisotopic (exact) mass is 422 g/mol. The number of carboxylic acids is 1. The van der Waals surface area contributed by atoms with Gasteiger partial charge in [-0.25, -0.2) is 0 Å². The molecule has 8 heteroatoms. The maximum Gasteiger partial charge on any atom is 0.266 e. The van der Waals surface area contributed by atoms with E-state index in [1.807, 2.05) is 12.1 Å². The summed E-state index contributed by atoms with van der Waals surface area (Å²) < 4.78 is 11.6. The summed E-state index contributed by atoms with van der Waals surface area (Å²) in [5, 5.41) is 10.6. The Bertz CT molecular complexity index is 763. The van der Waals surface area contributed by atoms with Crippen LogP contribution in [0.1, 0.15) is 44.6 Å². The number of hydrogen-bond acceptors (Lipinski definition) is 7. The Morgan fingerprint density at radius 2 is 2.07 bits per heavy atom. The molecule has 0 spiro atoms. The molecule has 6 nitrogen and oxygen atoms in total. The van der Waals surface area contributed by atoms with E-state index in [0.29, 0.717) is 27.3 Å². The summed E-state index contributed by atoms with van der Waals surface area (Å²) in [5.74, 6) is -0.256. The highest BCUT2D eigenvalue weighted by molar-refractivity contribution is 8.26. The van der Waals surface area contributed by atoms with Crippen LogP contribution in [0.4, 0.5) is 0 Å². The fourth-order valence-corrected chi connectivity index (χ4v) is 3.96. The zero-order valence-electron chi connectivity index (χ0n) is 16.1. The zero-order valence-corrected chi connectivity index (χ0v) is 17.7. The molecule has 0 N–H and O–H groups in total. The molecule has 0 aliphatic carbocycles. The maximum atomic E-state index is 12.5. The molecule has 2 rings (SSSR count). The highest BCUT2D eigenvalue weighted by Crippen LogP contribution is 2.34. The summed E-state index contributed by atoms with van der Waals surface area (Å²) >= 11 is 6.33.